The first-order chi connectivity index (χ1) is 8.51. The zero-order chi connectivity index (χ0) is 13.7. The molecule has 7 heteroatoms. The fourth-order valence-corrected chi connectivity index (χ4v) is 1.71. The molecule has 0 unspecified atom stereocenters. The molecule has 0 aliphatic heterocycles. The first kappa shape index (κ1) is 14.1. The molecule has 0 aliphatic rings. The van der Waals surface area contributed by atoms with Crippen LogP contribution in [0.25, 0.3) is 0 Å². The van der Waals surface area contributed by atoms with Crippen LogP contribution in [0.4, 0.5) is 17.5 Å². The third-order valence-corrected chi connectivity index (χ3v) is 2.52. The summed E-state index contributed by atoms with van der Waals surface area (Å²) in [6.07, 6.45) is 1.26. The van der Waals surface area contributed by atoms with Crippen LogP contribution in [0.3, 0.4) is 0 Å². The smallest absolute Gasteiger partial charge is 0.329 e. The van der Waals surface area contributed by atoms with E-state index in [1.807, 2.05) is 32.6 Å². The largest absolute Gasteiger partial charge is 0.354 e. The molecule has 1 N–H and O–H groups in total. The number of aromatic nitrogens is 2. The Bertz CT molecular complexity index is 422. The van der Waals surface area contributed by atoms with Crippen molar-refractivity contribution in [2.45, 2.75) is 33.7 Å². The van der Waals surface area contributed by atoms with E-state index < -0.39 is 4.92 Å². The van der Waals surface area contributed by atoms with Crippen molar-refractivity contribution in [2.24, 2.45) is 0 Å². The Balaban J connectivity index is 3.25. The molecular weight excluding hydrogens is 234 g/mol. The van der Waals surface area contributed by atoms with E-state index in [-0.39, 0.29) is 11.7 Å². The van der Waals surface area contributed by atoms with Gasteiger partial charge in [-0.15, -0.1) is 0 Å². The molecule has 0 atom stereocenters. The topological polar surface area (TPSA) is 84.2 Å². The molecule has 7 nitrogen and oxygen atoms in total. The lowest BCUT2D eigenvalue weighted by Gasteiger charge is -2.25. The third-order valence-electron chi connectivity index (χ3n) is 2.52. The van der Waals surface area contributed by atoms with Gasteiger partial charge in [0, 0.05) is 19.1 Å². The monoisotopic (exact) mass is 253 g/mol. The minimum atomic E-state index is -0.448. The van der Waals surface area contributed by atoms with E-state index in [1.165, 1.54) is 6.20 Å². The molecule has 0 bridgehead atoms. The van der Waals surface area contributed by atoms with Gasteiger partial charge in [0.2, 0.25) is 11.8 Å². The maximum absolute atomic E-state index is 11.0. The zero-order valence-electron chi connectivity index (χ0n) is 11.2. The second kappa shape index (κ2) is 6.13. The third kappa shape index (κ3) is 3.06. The van der Waals surface area contributed by atoms with Crippen LogP contribution in [0.2, 0.25) is 0 Å². The maximum atomic E-state index is 11.0. The summed E-state index contributed by atoms with van der Waals surface area (Å²) in [5.41, 5.74) is -0.0628. The first-order valence-corrected chi connectivity index (χ1v) is 6.03. The Hall–Kier alpha value is -1.92. The lowest BCUT2D eigenvalue weighted by molar-refractivity contribution is -0.384. The van der Waals surface area contributed by atoms with Crippen LogP contribution in [-0.2, 0) is 0 Å². The van der Waals surface area contributed by atoms with Crippen LogP contribution in [0, 0.1) is 10.1 Å². The van der Waals surface area contributed by atoms with E-state index in [0.29, 0.717) is 24.9 Å². The molecule has 18 heavy (non-hydrogen) atoms. The van der Waals surface area contributed by atoms with Crippen molar-refractivity contribution >= 4 is 17.5 Å². The predicted octanol–water partition coefficient (Wildman–Crippen LogP) is 2.05. The number of hydrogen-bond acceptors (Lipinski definition) is 6. The molecule has 0 amide bonds. The van der Waals surface area contributed by atoms with Crippen molar-refractivity contribution in [3.8, 4) is 0 Å². The molecule has 0 radical (unpaired) electrons. The van der Waals surface area contributed by atoms with E-state index >= 15 is 0 Å². The molecule has 100 valence electrons. The number of nitrogens with zero attached hydrogens (tertiary/aromatic N) is 4. The van der Waals surface area contributed by atoms with Gasteiger partial charge >= 0.3 is 5.69 Å². The van der Waals surface area contributed by atoms with E-state index in [2.05, 4.69) is 15.3 Å². The average molecular weight is 253 g/mol. The van der Waals surface area contributed by atoms with Gasteiger partial charge in [-0.25, -0.2) is 4.98 Å². The number of nitro groups is 1. The molecule has 1 heterocycles. The summed E-state index contributed by atoms with van der Waals surface area (Å²) in [7, 11) is 0. The average Bonchev–Trinajstić information content (AvgIpc) is 2.29. The van der Waals surface area contributed by atoms with Crippen molar-refractivity contribution in [1.82, 2.24) is 9.97 Å². The number of rotatable bonds is 6. The highest BCUT2D eigenvalue weighted by atomic mass is 16.6. The van der Waals surface area contributed by atoms with Crippen LogP contribution in [0.1, 0.15) is 27.7 Å². The molecule has 0 fully saturated rings. The van der Waals surface area contributed by atoms with Gasteiger partial charge < -0.3 is 10.2 Å². The van der Waals surface area contributed by atoms with Gasteiger partial charge in [-0.1, -0.05) is 0 Å². The molecule has 1 aromatic heterocycles. The predicted molar refractivity (Wildman–Crippen MR) is 71.0 cm³/mol. The van der Waals surface area contributed by atoms with E-state index in [0.717, 1.165) is 0 Å². The molecule has 0 saturated carbocycles. The number of hydrogen-bond donors (Lipinski definition) is 1. The summed E-state index contributed by atoms with van der Waals surface area (Å²) in [6, 6.07) is 0.137. The lowest BCUT2D eigenvalue weighted by Crippen LogP contribution is -2.32. The van der Waals surface area contributed by atoms with Crippen molar-refractivity contribution in [3.63, 3.8) is 0 Å². The maximum Gasteiger partial charge on any atom is 0.329 e. The summed E-state index contributed by atoms with van der Waals surface area (Å²) < 4.78 is 0. The minimum Gasteiger partial charge on any atom is -0.354 e. The van der Waals surface area contributed by atoms with Gasteiger partial charge in [0.1, 0.15) is 6.20 Å². The van der Waals surface area contributed by atoms with Crippen molar-refractivity contribution in [2.75, 3.05) is 23.3 Å². The summed E-state index contributed by atoms with van der Waals surface area (Å²) in [4.78, 5) is 20.6. The van der Waals surface area contributed by atoms with Crippen LogP contribution in [0.15, 0.2) is 6.20 Å². The summed E-state index contributed by atoms with van der Waals surface area (Å²) in [6.45, 7) is 9.14. The molecule has 0 spiro atoms. The standard InChI is InChI=1S/C11H19N5O2/c1-5-12-11-13-7-9(16(17)18)10(14-11)15(6-2)8(3)4/h7-8H,5-6H2,1-4H3,(H,12,13,14). The Labute approximate surface area is 106 Å². The van der Waals surface area contributed by atoms with Crippen molar-refractivity contribution in [3.05, 3.63) is 16.3 Å². The van der Waals surface area contributed by atoms with Crippen LogP contribution in [-0.4, -0.2) is 34.0 Å². The first-order valence-electron chi connectivity index (χ1n) is 6.03. The van der Waals surface area contributed by atoms with Gasteiger partial charge in [-0.2, -0.15) is 4.98 Å². The Morgan fingerprint density at radius 2 is 2.17 bits per heavy atom. The highest BCUT2D eigenvalue weighted by Gasteiger charge is 2.23. The van der Waals surface area contributed by atoms with Gasteiger partial charge in [-0.3, -0.25) is 10.1 Å². The normalized spacial score (nSPS) is 10.5. The van der Waals surface area contributed by atoms with Crippen LogP contribution in [0.5, 0.6) is 0 Å². The zero-order valence-corrected chi connectivity index (χ0v) is 11.2. The Kier molecular flexibility index (Phi) is 4.82. The molecule has 1 rings (SSSR count). The van der Waals surface area contributed by atoms with Gasteiger partial charge in [0.15, 0.2) is 0 Å². The fraction of sp³-hybridized carbons (Fsp3) is 0.636. The highest BCUT2D eigenvalue weighted by molar-refractivity contribution is 5.59. The summed E-state index contributed by atoms with van der Waals surface area (Å²) in [5.74, 6) is 0.778. The van der Waals surface area contributed by atoms with E-state index in [4.69, 9.17) is 0 Å². The molecule has 0 saturated heterocycles. The van der Waals surface area contributed by atoms with Gasteiger partial charge in [0.25, 0.3) is 0 Å². The summed E-state index contributed by atoms with van der Waals surface area (Å²) in [5, 5.41) is 14.0. The Morgan fingerprint density at radius 1 is 1.50 bits per heavy atom. The highest BCUT2D eigenvalue weighted by Crippen LogP contribution is 2.27. The van der Waals surface area contributed by atoms with Crippen molar-refractivity contribution in [1.29, 1.82) is 0 Å². The lowest BCUT2D eigenvalue weighted by atomic mass is 10.3. The second-order valence-electron chi connectivity index (χ2n) is 4.07. The second-order valence-corrected chi connectivity index (χ2v) is 4.07. The number of nitrogens with one attached hydrogen (secondary N) is 1. The summed E-state index contributed by atoms with van der Waals surface area (Å²) >= 11 is 0. The van der Waals surface area contributed by atoms with Gasteiger partial charge in [-0.05, 0) is 27.7 Å². The van der Waals surface area contributed by atoms with Gasteiger partial charge in [0.05, 0.1) is 4.92 Å². The van der Waals surface area contributed by atoms with E-state index in [9.17, 15) is 10.1 Å². The van der Waals surface area contributed by atoms with Crippen LogP contribution >= 0.6 is 0 Å². The molecule has 0 aliphatic carbocycles. The fourth-order valence-electron chi connectivity index (χ4n) is 1.71. The van der Waals surface area contributed by atoms with Crippen LogP contribution < -0.4 is 10.2 Å². The molecular formula is C11H19N5O2. The Morgan fingerprint density at radius 3 is 2.61 bits per heavy atom. The minimum absolute atomic E-state index is 0.0628. The molecule has 0 aromatic carbocycles. The quantitative estimate of drug-likeness (QED) is 0.617. The van der Waals surface area contributed by atoms with Crippen molar-refractivity contribution < 1.29 is 4.92 Å². The molecule has 1 aromatic rings. The SMILES string of the molecule is CCNc1ncc([N+](=O)[O-])c(N(CC)C(C)C)n1. The number of anilines is 2. The van der Waals surface area contributed by atoms with E-state index in [1.54, 1.807) is 0 Å².